The summed E-state index contributed by atoms with van der Waals surface area (Å²) in [5.41, 5.74) is 2.22. The van der Waals surface area contributed by atoms with Crippen molar-refractivity contribution in [2.24, 2.45) is 0 Å². The Morgan fingerprint density at radius 2 is 1.76 bits per heavy atom. The molecule has 0 unspecified atom stereocenters. The third-order valence-electron chi connectivity index (χ3n) is 3.96. The number of carbonyl (C=O) groups excluding carboxylic acids is 1. The van der Waals surface area contributed by atoms with Gasteiger partial charge in [0, 0.05) is 52.0 Å². The van der Waals surface area contributed by atoms with Gasteiger partial charge in [-0.25, -0.2) is 0 Å². The van der Waals surface area contributed by atoms with Crippen LogP contribution in [0.4, 0.5) is 5.69 Å². The van der Waals surface area contributed by atoms with Crippen LogP contribution >= 0.6 is 0 Å². The zero-order chi connectivity index (χ0) is 15.2. The maximum absolute atomic E-state index is 12.2. The van der Waals surface area contributed by atoms with Gasteiger partial charge < -0.3 is 14.7 Å². The lowest BCUT2D eigenvalue weighted by molar-refractivity contribution is -0.127. The van der Waals surface area contributed by atoms with Crippen molar-refractivity contribution in [3.63, 3.8) is 0 Å². The molecule has 0 radical (unpaired) electrons. The molecule has 1 aliphatic rings. The van der Waals surface area contributed by atoms with E-state index in [1.54, 1.807) is 6.08 Å². The van der Waals surface area contributed by atoms with Crippen LogP contribution < -0.4 is 4.90 Å². The number of likely N-dealkylation sites (N-methyl/N-ethyl adjacent to an activating group) is 1. The number of piperazine rings is 1. The van der Waals surface area contributed by atoms with Gasteiger partial charge in [0.15, 0.2) is 0 Å². The number of amides is 1. The van der Waals surface area contributed by atoms with Gasteiger partial charge in [0.25, 0.3) is 0 Å². The molecule has 1 heterocycles. The first-order valence-electron chi connectivity index (χ1n) is 7.57. The third kappa shape index (κ3) is 4.33. The molecule has 0 aliphatic carbocycles. The summed E-state index contributed by atoms with van der Waals surface area (Å²) in [6.45, 7) is 6.85. The molecular formula is C17H25N3O. The summed E-state index contributed by atoms with van der Waals surface area (Å²) < 4.78 is 0. The summed E-state index contributed by atoms with van der Waals surface area (Å²) in [7, 11) is 4.04. The first-order valence-corrected chi connectivity index (χ1v) is 7.57. The standard InChI is InChI=1S/C17H25N3O/c1-4-19-11-13-20(14-12-19)17(21)10-7-15-5-8-16(9-6-15)18(2)3/h5-10H,4,11-14H2,1-3H3/b10-7-. The predicted molar refractivity (Wildman–Crippen MR) is 88.5 cm³/mol. The Morgan fingerprint density at radius 1 is 1.14 bits per heavy atom. The molecule has 1 amide bonds. The van der Waals surface area contributed by atoms with Gasteiger partial charge in [0.05, 0.1) is 0 Å². The smallest absolute Gasteiger partial charge is 0.246 e. The van der Waals surface area contributed by atoms with E-state index >= 15 is 0 Å². The molecule has 4 heteroatoms. The Bertz CT molecular complexity index is 485. The molecule has 1 aromatic carbocycles. The second kappa shape index (κ2) is 7.27. The van der Waals surface area contributed by atoms with Crippen molar-refractivity contribution in [2.45, 2.75) is 6.92 Å². The minimum atomic E-state index is 0.113. The number of anilines is 1. The molecule has 0 spiro atoms. The fourth-order valence-corrected chi connectivity index (χ4v) is 2.44. The molecule has 1 saturated heterocycles. The van der Waals surface area contributed by atoms with E-state index in [2.05, 4.69) is 28.9 Å². The third-order valence-corrected chi connectivity index (χ3v) is 3.96. The van der Waals surface area contributed by atoms with Crippen LogP contribution in [-0.2, 0) is 4.79 Å². The molecule has 1 aliphatic heterocycles. The normalized spacial score (nSPS) is 16.4. The van der Waals surface area contributed by atoms with Gasteiger partial charge in [-0.3, -0.25) is 4.79 Å². The van der Waals surface area contributed by atoms with Gasteiger partial charge >= 0.3 is 0 Å². The van der Waals surface area contributed by atoms with Crippen LogP contribution in [0.1, 0.15) is 12.5 Å². The Kier molecular flexibility index (Phi) is 5.39. The number of hydrogen-bond donors (Lipinski definition) is 0. The van der Waals surface area contributed by atoms with E-state index in [9.17, 15) is 4.79 Å². The van der Waals surface area contributed by atoms with Crippen LogP contribution in [0.3, 0.4) is 0 Å². The fourth-order valence-electron chi connectivity index (χ4n) is 2.44. The summed E-state index contributed by atoms with van der Waals surface area (Å²) >= 11 is 0. The van der Waals surface area contributed by atoms with Crippen molar-refractivity contribution in [3.05, 3.63) is 35.9 Å². The highest BCUT2D eigenvalue weighted by atomic mass is 16.2. The quantitative estimate of drug-likeness (QED) is 0.792. The van der Waals surface area contributed by atoms with Crippen molar-refractivity contribution >= 4 is 17.7 Å². The summed E-state index contributed by atoms with van der Waals surface area (Å²) in [6, 6.07) is 8.19. The summed E-state index contributed by atoms with van der Waals surface area (Å²) in [6.07, 6.45) is 3.58. The SMILES string of the molecule is CCN1CCN(C(=O)/C=C\c2ccc(N(C)C)cc2)CC1. The molecule has 0 saturated carbocycles. The van der Waals surface area contributed by atoms with Gasteiger partial charge in [-0.2, -0.15) is 0 Å². The Hall–Kier alpha value is -1.81. The van der Waals surface area contributed by atoms with Crippen LogP contribution in [0.15, 0.2) is 30.3 Å². The lowest BCUT2D eigenvalue weighted by atomic mass is 10.2. The van der Waals surface area contributed by atoms with E-state index in [4.69, 9.17) is 0 Å². The van der Waals surface area contributed by atoms with Crippen LogP contribution in [-0.4, -0.2) is 62.5 Å². The molecule has 0 atom stereocenters. The number of rotatable bonds is 4. The Morgan fingerprint density at radius 3 is 2.29 bits per heavy atom. The minimum Gasteiger partial charge on any atom is -0.378 e. The zero-order valence-electron chi connectivity index (χ0n) is 13.2. The number of carbonyl (C=O) groups is 1. The predicted octanol–water partition coefficient (Wildman–Crippen LogP) is 1.93. The summed E-state index contributed by atoms with van der Waals surface area (Å²) in [4.78, 5) is 18.5. The zero-order valence-corrected chi connectivity index (χ0v) is 13.2. The Balaban J connectivity index is 1.90. The van der Waals surface area contributed by atoms with Crippen LogP contribution in [0.2, 0.25) is 0 Å². The molecule has 21 heavy (non-hydrogen) atoms. The average molecular weight is 287 g/mol. The van der Waals surface area contributed by atoms with E-state index in [0.717, 1.165) is 44.0 Å². The number of benzene rings is 1. The first-order chi connectivity index (χ1) is 10.1. The maximum Gasteiger partial charge on any atom is 0.246 e. The van der Waals surface area contributed by atoms with E-state index in [1.807, 2.05) is 37.2 Å². The van der Waals surface area contributed by atoms with E-state index in [-0.39, 0.29) is 5.91 Å². The molecule has 0 N–H and O–H groups in total. The largest absolute Gasteiger partial charge is 0.378 e. The fraction of sp³-hybridized carbons (Fsp3) is 0.471. The second-order valence-corrected chi connectivity index (χ2v) is 5.58. The summed E-state index contributed by atoms with van der Waals surface area (Å²) in [5, 5.41) is 0. The number of hydrogen-bond acceptors (Lipinski definition) is 3. The van der Waals surface area contributed by atoms with Crippen molar-refractivity contribution in [1.82, 2.24) is 9.80 Å². The lowest BCUT2D eigenvalue weighted by Crippen LogP contribution is -2.48. The van der Waals surface area contributed by atoms with Crippen molar-refractivity contribution < 1.29 is 4.79 Å². The molecule has 2 rings (SSSR count). The van der Waals surface area contributed by atoms with Gasteiger partial charge in [0.1, 0.15) is 0 Å². The Labute approximate surface area is 127 Å². The summed E-state index contributed by atoms with van der Waals surface area (Å²) in [5.74, 6) is 0.113. The average Bonchev–Trinajstić information content (AvgIpc) is 2.53. The monoisotopic (exact) mass is 287 g/mol. The van der Waals surface area contributed by atoms with Gasteiger partial charge in [0.2, 0.25) is 5.91 Å². The van der Waals surface area contributed by atoms with E-state index < -0.39 is 0 Å². The molecule has 1 aromatic rings. The van der Waals surface area contributed by atoms with Crippen LogP contribution in [0, 0.1) is 0 Å². The highest BCUT2D eigenvalue weighted by molar-refractivity contribution is 5.91. The van der Waals surface area contributed by atoms with Gasteiger partial charge in [-0.05, 0) is 30.3 Å². The van der Waals surface area contributed by atoms with Gasteiger partial charge in [-0.1, -0.05) is 19.1 Å². The minimum absolute atomic E-state index is 0.113. The van der Waals surface area contributed by atoms with Crippen LogP contribution in [0.5, 0.6) is 0 Å². The van der Waals surface area contributed by atoms with Crippen molar-refractivity contribution in [2.75, 3.05) is 51.7 Å². The van der Waals surface area contributed by atoms with Crippen molar-refractivity contribution in [1.29, 1.82) is 0 Å². The molecule has 114 valence electrons. The van der Waals surface area contributed by atoms with E-state index in [0.29, 0.717) is 0 Å². The van der Waals surface area contributed by atoms with Gasteiger partial charge in [-0.15, -0.1) is 0 Å². The highest BCUT2D eigenvalue weighted by Gasteiger charge is 2.17. The molecule has 4 nitrogen and oxygen atoms in total. The number of nitrogens with zero attached hydrogens (tertiary/aromatic N) is 3. The van der Waals surface area contributed by atoms with E-state index in [1.165, 1.54) is 0 Å². The molecular weight excluding hydrogens is 262 g/mol. The lowest BCUT2D eigenvalue weighted by Gasteiger charge is -2.33. The van der Waals surface area contributed by atoms with Crippen molar-refractivity contribution in [3.8, 4) is 0 Å². The second-order valence-electron chi connectivity index (χ2n) is 5.58. The first kappa shape index (κ1) is 15.6. The molecule has 1 fully saturated rings. The highest BCUT2D eigenvalue weighted by Crippen LogP contribution is 2.13. The maximum atomic E-state index is 12.2. The topological polar surface area (TPSA) is 26.8 Å². The molecule has 0 bridgehead atoms. The molecule has 0 aromatic heterocycles. The van der Waals surface area contributed by atoms with Crippen LogP contribution in [0.25, 0.3) is 6.08 Å².